The summed E-state index contributed by atoms with van der Waals surface area (Å²) in [5.41, 5.74) is 2.83. The fourth-order valence-electron chi connectivity index (χ4n) is 2.50. The number of para-hydroxylation sites is 1. The summed E-state index contributed by atoms with van der Waals surface area (Å²) >= 11 is 0. The predicted octanol–water partition coefficient (Wildman–Crippen LogP) is 3.39. The van der Waals surface area contributed by atoms with Gasteiger partial charge in [-0.25, -0.2) is 4.79 Å². The minimum Gasteiger partial charge on any atom is -0.496 e. The van der Waals surface area contributed by atoms with Gasteiger partial charge in [0.05, 0.1) is 19.9 Å². The van der Waals surface area contributed by atoms with Gasteiger partial charge in [0, 0.05) is 37.3 Å². The van der Waals surface area contributed by atoms with E-state index < -0.39 is 0 Å². The Hall–Kier alpha value is -2.89. The molecule has 0 saturated carbocycles. The lowest BCUT2D eigenvalue weighted by Gasteiger charge is -2.15. The topological polar surface area (TPSA) is 72.3 Å². The van der Waals surface area contributed by atoms with Gasteiger partial charge in [-0.2, -0.15) is 0 Å². The third kappa shape index (κ3) is 6.40. The van der Waals surface area contributed by atoms with E-state index >= 15 is 0 Å². The number of nitrogens with one attached hydrogen (secondary N) is 1. The largest absolute Gasteiger partial charge is 0.496 e. The molecule has 146 valence electrons. The van der Waals surface area contributed by atoms with E-state index in [4.69, 9.17) is 9.47 Å². The molecule has 0 atom stereocenters. The van der Waals surface area contributed by atoms with E-state index in [1.54, 1.807) is 27.3 Å². The fourth-order valence-corrected chi connectivity index (χ4v) is 2.50. The molecule has 6 heteroatoms. The first kappa shape index (κ1) is 22.2. The molecule has 1 N–H and O–H groups in total. The molecule has 0 heterocycles. The van der Waals surface area contributed by atoms with E-state index in [0.717, 1.165) is 17.0 Å². The van der Waals surface area contributed by atoms with E-state index in [0.29, 0.717) is 23.5 Å². The number of rotatable bonds is 8. The number of carbonyl (C=O) groups excluding carboxylic acids is 1. The molecule has 0 bridgehead atoms. The summed E-state index contributed by atoms with van der Waals surface area (Å²) in [6, 6.07) is 7.70. The zero-order valence-electron chi connectivity index (χ0n) is 17.0. The Balaban J connectivity index is 2.99. The number of ether oxygens (including phenoxy) is 2. The zero-order chi connectivity index (χ0) is 20.4. The molecule has 1 rings (SSSR count). The second kappa shape index (κ2) is 11.0. The van der Waals surface area contributed by atoms with E-state index in [-0.39, 0.29) is 11.9 Å². The van der Waals surface area contributed by atoms with Crippen molar-refractivity contribution in [1.29, 1.82) is 0 Å². The van der Waals surface area contributed by atoms with Gasteiger partial charge in [0.25, 0.3) is 0 Å². The number of amidine groups is 1. The first-order valence-electron chi connectivity index (χ1n) is 8.68. The standard InChI is InChI=1S/C21H29N3O3/c1-14(2)17(21(25)27-7)12-15(3)24-20(23-5)13-18(22-4)16-10-8-9-11-19(16)26-6/h8-12,14H,3,13H2,1-2,4-7H3,(H,23,24)/b17-12+,22-18?. The van der Waals surface area contributed by atoms with Gasteiger partial charge in [-0.1, -0.05) is 32.6 Å². The number of methoxy groups -OCH3 is 2. The molecule has 0 spiro atoms. The second-order valence-electron chi connectivity index (χ2n) is 6.11. The first-order valence-corrected chi connectivity index (χ1v) is 8.68. The number of carbonyl (C=O) groups is 1. The van der Waals surface area contributed by atoms with Crippen molar-refractivity contribution in [3.05, 3.63) is 53.8 Å². The van der Waals surface area contributed by atoms with Crippen LogP contribution in [0.4, 0.5) is 0 Å². The molecule has 0 saturated heterocycles. The van der Waals surface area contributed by atoms with Crippen LogP contribution >= 0.6 is 0 Å². The zero-order valence-corrected chi connectivity index (χ0v) is 17.0. The van der Waals surface area contributed by atoms with Gasteiger partial charge < -0.3 is 14.8 Å². The van der Waals surface area contributed by atoms with Crippen LogP contribution in [0, 0.1) is 5.92 Å². The average molecular weight is 371 g/mol. The fraction of sp³-hybridized carbons (Fsp3) is 0.381. The van der Waals surface area contributed by atoms with Gasteiger partial charge >= 0.3 is 5.97 Å². The molecular formula is C21H29N3O3. The van der Waals surface area contributed by atoms with E-state index in [1.165, 1.54) is 7.11 Å². The van der Waals surface area contributed by atoms with Gasteiger partial charge in [0.1, 0.15) is 11.6 Å². The molecule has 0 fully saturated rings. The maximum atomic E-state index is 11.9. The Kier molecular flexibility index (Phi) is 8.99. The van der Waals surface area contributed by atoms with Crippen LogP contribution in [0.15, 0.2) is 58.2 Å². The van der Waals surface area contributed by atoms with Crippen LogP contribution in [0.5, 0.6) is 5.75 Å². The number of benzene rings is 1. The Bertz CT molecular complexity index is 762. The van der Waals surface area contributed by atoms with Crippen LogP contribution in [0.1, 0.15) is 25.8 Å². The molecule has 27 heavy (non-hydrogen) atoms. The van der Waals surface area contributed by atoms with Crippen LogP contribution in [-0.4, -0.2) is 45.8 Å². The van der Waals surface area contributed by atoms with Crippen LogP contribution in [0.25, 0.3) is 0 Å². The van der Waals surface area contributed by atoms with Crippen molar-refractivity contribution < 1.29 is 14.3 Å². The second-order valence-corrected chi connectivity index (χ2v) is 6.11. The normalized spacial score (nSPS) is 12.8. The first-order chi connectivity index (χ1) is 12.9. The number of nitrogens with zero attached hydrogens (tertiary/aromatic N) is 2. The molecular weight excluding hydrogens is 342 g/mol. The highest BCUT2D eigenvalue weighted by atomic mass is 16.5. The van der Waals surface area contributed by atoms with Crippen molar-refractivity contribution in [3.63, 3.8) is 0 Å². The third-order valence-corrected chi connectivity index (χ3v) is 3.97. The molecule has 0 aromatic heterocycles. The quantitative estimate of drug-likeness (QED) is 0.250. The van der Waals surface area contributed by atoms with E-state index in [1.807, 2.05) is 38.1 Å². The van der Waals surface area contributed by atoms with Gasteiger partial charge in [0.15, 0.2) is 0 Å². The molecule has 0 radical (unpaired) electrons. The highest BCUT2D eigenvalue weighted by Crippen LogP contribution is 2.20. The van der Waals surface area contributed by atoms with Crippen molar-refractivity contribution in [3.8, 4) is 5.75 Å². The SMILES string of the molecule is C=C(/C=C(/C(=O)OC)C(C)C)NC(CC(=NC)c1ccccc1OC)=NC. The molecule has 0 unspecified atom stereocenters. The van der Waals surface area contributed by atoms with Crippen molar-refractivity contribution >= 4 is 17.5 Å². The van der Waals surface area contributed by atoms with Crippen molar-refractivity contribution in [1.82, 2.24) is 5.32 Å². The molecule has 6 nitrogen and oxygen atoms in total. The van der Waals surface area contributed by atoms with Crippen LogP contribution in [-0.2, 0) is 9.53 Å². The maximum absolute atomic E-state index is 11.9. The maximum Gasteiger partial charge on any atom is 0.334 e. The van der Waals surface area contributed by atoms with Crippen molar-refractivity contribution in [2.75, 3.05) is 28.3 Å². The molecule has 1 aromatic carbocycles. The van der Waals surface area contributed by atoms with E-state index in [9.17, 15) is 4.79 Å². The number of allylic oxidation sites excluding steroid dienone is 1. The molecule has 0 aliphatic heterocycles. The summed E-state index contributed by atoms with van der Waals surface area (Å²) in [7, 11) is 6.42. The van der Waals surface area contributed by atoms with Crippen molar-refractivity contribution in [2.45, 2.75) is 20.3 Å². The summed E-state index contributed by atoms with van der Waals surface area (Å²) in [6.07, 6.45) is 2.16. The Morgan fingerprint density at radius 1 is 1.22 bits per heavy atom. The molecule has 0 aliphatic carbocycles. The molecule has 0 amide bonds. The Morgan fingerprint density at radius 2 is 1.89 bits per heavy atom. The number of hydrogen-bond donors (Lipinski definition) is 1. The van der Waals surface area contributed by atoms with Crippen LogP contribution < -0.4 is 10.1 Å². The monoisotopic (exact) mass is 371 g/mol. The van der Waals surface area contributed by atoms with Gasteiger partial charge in [-0.05, 0) is 24.1 Å². The van der Waals surface area contributed by atoms with Crippen LogP contribution in [0.3, 0.4) is 0 Å². The highest BCUT2D eigenvalue weighted by molar-refractivity contribution is 6.13. The smallest absolute Gasteiger partial charge is 0.334 e. The summed E-state index contributed by atoms with van der Waals surface area (Å²) in [6.45, 7) is 7.83. The lowest BCUT2D eigenvalue weighted by Crippen LogP contribution is -2.26. The average Bonchev–Trinajstić information content (AvgIpc) is 2.68. The third-order valence-electron chi connectivity index (χ3n) is 3.97. The van der Waals surface area contributed by atoms with Gasteiger partial charge in [-0.3, -0.25) is 9.98 Å². The van der Waals surface area contributed by atoms with Crippen molar-refractivity contribution in [2.24, 2.45) is 15.9 Å². The molecule has 0 aliphatic rings. The predicted molar refractivity (Wildman–Crippen MR) is 111 cm³/mol. The Morgan fingerprint density at radius 3 is 2.41 bits per heavy atom. The van der Waals surface area contributed by atoms with Gasteiger partial charge in [0.2, 0.25) is 0 Å². The van der Waals surface area contributed by atoms with E-state index in [2.05, 4.69) is 21.9 Å². The summed E-state index contributed by atoms with van der Waals surface area (Å²) in [5.74, 6) is 1.07. The summed E-state index contributed by atoms with van der Waals surface area (Å²) in [4.78, 5) is 20.6. The number of hydrogen-bond acceptors (Lipinski definition) is 5. The lowest BCUT2D eigenvalue weighted by molar-refractivity contribution is -0.136. The number of aliphatic imine (C=N–C) groups is 2. The highest BCUT2D eigenvalue weighted by Gasteiger charge is 2.15. The number of esters is 1. The summed E-state index contributed by atoms with van der Waals surface area (Å²) < 4.78 is 10.3. The molecule has 1 aromatic rings. The Labute approximate surface area is 161 Å². The minimum atomic E-state index is -0.368. The lowest BCUT2D eigenvalue weighted by atomic mass is 10.0. The summed E-state index contributed by atoms with van der Waals surface area (Å²) in [5, 5.41) is 3.15. The van der Waals surface area contributed by atoms with Gasteiger partial charge in [-0.15, -0.1) is 0 Å². The van der Waals surface area contributed by atoms with Crippen LogP contribution in [0.2, 0.25) is 0 Å². The minimum absolute atomic E-state index is 0.0133.